The van der Waals surface area contributed by atoms with Gasteiger partial charge in [-0.15, -0.1) is 0 Å². The van der Waals surface area contributed by atoms with E-state index in [0.29, 0.717) is 19.6 Å². The van der Waals surface area contributed by atoms with Crippen molar-refractivity contribution in [1.82, 2.24) is 19.6 Å². The molecule has 7 nitrogen and oxygen atoms in total. The fourth-order valence-electron chi connectivity index (χ4n) is 3.49. The second-order valence-electron chi connectivity index (χ2n) is 6.57. The molecule has 0 N–H and O–H groups in total. The summed E-state index contributed by atoms with van der Waals surface area (Å²) in [6.07, 6.45) is 3.17. The van der Waals surface area contributed by atoms with Crippen molar-refractivity contribution in [2.24, 2.45) is 0 Å². The zero-order valence-corrected chi connectivity index (χ0v) is 14.1. The Morgan fingerprint density at radius 3 is 2.81 bits per heavy atom. The van der Waals surface area contributed by atoms with Crippen LogP contribution in [0.2, 0.25) is 0 Å². The topological polar surface area (TPSA) is 67.7 Å². The Bertz CT molecular complexity index is 793. The van der Waals surface area contributed by atoms with E-state index in [-0.39, 0.29) is 42.9 Å². The molecule has 0 bridgehead atoms. The van der Waals surface area contributed by atoms with Crippen molar-refractivity contribution in [3.63, 3.8) is 0 Å². The summed E-state index contributed by atoms with van der Waals surface area (Å²) in [6.45, 7) is 1.43. The molecule has 4 rings (SSSR count). The van der Waals surface area contributed by atoms with E-state index in [0.717, 1.165) is 5.56 Å². The highest BCUT2D eigenvalue weighted by Crippen LogP contribution is 2.25. The highest BCUT2D eigenvalue weighted by atomic mass is 19.1. The maximum Gasteiger partial charge on any atom is 0.249 e. The fourth-order valence-corrected chi connectivity index (χ4v) is 3.49. The lowest BCUT2D eigenvalue weighted by molar-refractivity contribution is -0.153. The molecule has 0 radical (unpaired) electrons. The highest BCUT2D eigenvalue weighted by molar-refractivity contribution is 5.80. The van der Waals surface area contributed by atoms with Gasteiger partial charge in [-0.2, -0.15) is 5.10 Å². The van der Waals surface area contributed by atoms with Crippen LogP contribution in [0.4, 0.5) is 4.39 Å². The number of hydrogen-bond acceptors (Lipinski definition) is 4. The van der Waals surface area contributed by atoms with Crippen molar-refractivity contribution < 1.29 is 18.7 Å². The van der Waals surface area contributed by atoms with Gasteiger partial charge in [-0.1, -0.05) is 12.1 Å². The summed E-state index contributed by atoms with van der Waals surface area (Å²) >= 11 is 0. The lowest BCUT2D eigenvalue weighted by Gasteiger charge is -2.36. The number of carbonyl (C=O) groups is 2. The highest BCUT2D eigenvalue weighted by Gasteiger charge is 2.44. The van der Waals surface area contributed by atoms with Gasteiger partial charge < -0.3 is 14.5 Å². The molecule has 2 atom stereocenters. The first-order chi connectivity index (χ1) is 12.6. The van der Waals surface area contributed by atoms with E-state index in [1.165, 1.54) is 12.1 Å². The Morgan fingerprint density at radius 1 is 1.27 bits per heavy atom. The molecule has 8 heteroatoms. The van der Waals surface area contributed by atoms with Gasteiger partial charge in [0.2, 0.25) is 11.8 Å². The summed E-state index contributed by atoms with van der Waals surface area (Å²) in [5.41, 5.74) is 0.849. The van der Waals surface area contributed by atoms with E-state index in [1.54, 1.807) is 45.1 Å². The van der Waals surface area contributed by atoms with Crippen LogP contribution in [0.15, 0.2) is 42.7 Å². The number of nitrogens with zero attached hydrogens (tertiary/aromatic N) is 4. The smallest absolute Gasteiger partial charge is 0.249 e. The van der Waals surface area contributed by atoms with Crippen LogP contribution in [0.5, 0.6) is 0 Å². The van der Waals surface area contributed by atoms with Crippen molar-refractivity contribution in [3.05, 3.63) is 54.1 Å². The van der Waals surface area contributed by atoms with Gasteiger partial charge in [0.15, 0.2) is 0 Å². The van der Waals surface area contributed by atoms with Crippen LogP contribution in [-0.4, -0.2) is 63.2 Å². The number of rotatable bonds is 4. The molecule has 2 aliphatic rings. The summed E-state index contributed by atoms with van der Waals surface area (Å²) in [5, 5.41) is 4.05. The van der Waals surface area contributed by atoms with Crippen LogP contribution in [0.25, 0.3) is 0 Å². The standard InChI is InChI=1S/C18H19FN4O3/c19-14-4-2-13(3-5-14)8-23-15-9-21(10-16(15)26-12-18(23)25)17(24)11-22-7-1-6-20-22/h1-7,15-16H,8-12H2/t15-,16-/m1/s1. The molecule has 2 fully saturated rings. The second kappa shape index (κ2) is 6.87. The van der Waals surface area contributed by atoms with Crippen molar-refractivity contribution >= 4 is 11.8 Å². The Morgan fingerprint density at radius 2 is 2.08 bits per heavy atom. The number of morpholine rings is 1. The lowest BCUT2D eigenvalue weighted by Crippen LogP contribution is -2.53. The largest absolute Gasteiger partial charge is 0.364 e. The van der Waals surface area contributed by atoms with Gasteiger partial charge in [0, 0.05) is 32.0 Å². The summed E-state index contributed by atoms with van der Waals surface area (Å²) in [6, 6.07) is 7.68. The molecule has 2 saturated heterocycles. The van der Waals surface area contributed by atoms with Gasteiger partial charge in [-0.3, -0.25) is 14.3 Å². The van der Waals surface area contributed by atoms with E-state index in [4.69, 9.17) is 4.74 Å². The van der Waals surface area contributed by atoms with Gasteiger partial charge in [0.25, 0.3) is 0 Å². The maximum atomic E-state index is 13.1. The van der Waals surface area contributed by atoms with E-state index in [2.05, 4.69) is 5.10 Å². The minimum Gasteiger partial charge on any atom is -0.364 e. The molecular formula is C18H19FN4O3. The predicted octanol–water partition coefficient (Wildman–Crippen LogP) is 0.661. The van der Waals surface area contributed by atoms with Crippen LogP contribution in [-0.2, 0) is 27.4 Å². The predicted molar refractivity (Wildman–Crippen MR) is 89.3 cm³/mol. The number of fused-ring (bicyclic) bond motifs is 1. The number of carbonyl (C=O) groups excluding carboxylic acids is 2. The van der Waals surface area contributed by atoms with E-state index in [9.17, 15) is 14.0 Å². The summed E-state index contributed by atoms with van der Waals surface area (Å²) < 4.78 is 20.3. The van der Waals surface area contributed by atoms with Crippen LogP contribution in [0, 0.1) is 5.82 Å². The Kier molecular flexibility index (Phi) is 4.42. The molecule has 0 spiro atoms. The molecule has 1 aromatic heterocycles. The maximum absolute atomic E-state index is 13.1. The molecule has 26 heavy (non-hydrogen) atoms. The summed E-state index contributed by atoms with van der Waals surface area (Å²) in [7, 11) is 0. The quantitative estimate of drug-likeness (QED) is 0.805. The van der Waals surface area contributed by atoms with E-state index in [1.807, 2.05) is 0 Å². The third kappa shape index (κ3) is 3.32. The van der Waals surface area contributed by atoms with Crippen molar-refractivity contribution in [3.8, 4) is 0 Å². The average Bonchev–Trinajstić information content (AvgIpc) is 3.28. The zero-order valence-electron chi connectivity index (χ0n) is 14.1. The van der Waals surface area contributed by atoms with E-state index < -0.39 is 0 Å². The molecule has 1 aromatic carbocycles. The van der Waals surface area contributed by atoms with Crippen LogP contribution in [0.3, 0.4) is 0 Å². The number of hydrogen-bond donors (Lipinski definition) is 0. The first-order valence-corrected chi connectivity index (χ1v) is 8.51. The van der Waals surface area contributed by atoms with Crippen LogP contribution < -0.4 is 0 Å². The fraction of sp³-hybridized carbons (Fsp3) is 0.389. The molecular weight excluding hydrogens is 339 g/mol. The number of benzene rings is 1. The minimum atomic E-state index is -0.309. The molecule has 0 saturated carbocycles. The number of aromatic nitrogens is 2. The lowest BCUT2D eigenvalue weighted by atomic mass is 10.1. The van der Waals surface area contributed by atoms with Gasteiger partial charge in [0.1, 0.15) is 19.0 Å². The van der Waals surface area contributed by atoms with Gasteiger partial charge in [-0.25, -0.2) is 4.39 Å². The van der Waals surface area contributed by atoms with Gasteiger partial charge in [-0.05, 0) is 23.8 Å². The normalized spacial score (nSPS) is 22.6. The molecule has 0 aliphatic carbocycles. The van der Waals surface area contributed by atoms with Gasteiger partial charge >= 0.3 is 0 Å². The van der Waals surface area contributed by atoms with Crippen molar-refractivity contribution in [2.45, 2.75) is 25.2 Å². The SMILES string of the molecule is O=C(Cn1cccn1)N1C[C@@H]2[C@@H](C1)OCC(=O)N2Cc1ccc(F)cc1. The molecule has 3 heterocycles. The van der Waals surface area contributed by atoms with E-state index >= 15 is 0 Å². The third-order valence-electron chi connectivity index (χ3n) is 4.85. The first-order valence-electron chi connectivity index (χ1n) is 8.51. The average molecular weight is 358 g/mol. The first kappa shape index (κ1) is 16.7. The number of amides is 2. The molecule has 136 valence electrons. The Labute approximate surface area is 149 Å². The zero-order chi connectivity index (χ0) is 18.1. The molecule has 2 aromatic rings. The monoisotopic (exact) mass is 358 g/mol. The minimum absolute atomic E-state index is 0.00352. The van der Waals surface area contributed by atoms with Crippen molar-refractivity contribution in [2.75, 3.05) is 19.7 Å². The number of ether oxygens (including phenoxy) is 1. The number of likely N-dealkylation sites (tertiary alicyclic amines) is 1. The molecule has 0 unspecified atom stereocenters. The van der Waals surface area contributed by atoms with Gasteiger partial charge in [0.05, 0.1) is 12.1 Å². The summed E-state index contributed by atoms with van der Waals surface area (Å²) in [4.78, 5) is 28.3. The van der Waals surface area contributed by atoms with Crippen LogP contribution >= 0.6 is 0 Å². The summed E-state index contributed by atoms with van der Waals surface area (Å²) in [5.74, 6) is -0.478. The van der Waals surface area contributed by atoms with Crippen LogP contribution in [0.1, 0.15) is 5.56 Å². The number of halogens is 1. The molecule has 2 aliphatic heterocycles. The Balaban J connectivity index is 1.46. The molecule has 2 amide bonds. The second-order valence-corrected chi connectivity index (χ2v) is 6.57. The van der Waals surface area contributed by atoms with Crippen molar-refractivity contribution in [1.29, 1.82) is 0 Å². The Hall–Kier alpha value is -2.74. The third-order valence-corrected chi connectivity index (χ3v) is 4.85.